The number of rotatable bonds is 4. The van der Waals surface area contributed by atoms with E-state index < -0.39 is 0 Å². The maximum absolute atomic E-state index is 4.18. The van der Waals surface area contributed by atoms with Crippen LogP contribution in [0.25, 0.3) is 0 Å². The van der Waals surface area contributed by atoms with Crippen LogP contribution in [0.15, 0.2) is 42.7 Å². The molecule has 1 saturated carbocycles. The molecule has 1 N–H and O–H groups in total. The van der Waals surface area contributed by atoms with Gasteiger partial charge in [0, 0.05) is 18.9 Å². The van der Waals surface area contributed by atoms with Crippen molar-refractivity contribution in [1.82, 2.24) is 4.98 Å². The molecule has 1 aliphatic rings. The summed E-state index contributed by atoms with van der Waals surface area (Å²) in [6.07, 6.45) is 6.47. The van der Waals surface area contributed by atoms with Crippen LogP contribution in [0.4, 0.5) is 5.69 Å². The molecule has 1 fully saturated rings. The predicted molar refractivity (Wildman–Crippen MR) is 74.7 cm³/mol. The molecule has 0 amide bonds. The highest BCUT2D eigenvalue weighted by Crippen LogP contribution is 2.39. The van der Waals surface area contributed by atoms with E-state index >= 15 is 0 Å². The van der Waals surface area contributed by atoms with Crippen molar-refractivity contribution in [3.05, 3.63) is 59.4 Å². The van der Waals surface area contributed by atoms with Crippen LogP contribution in [0.2, 0.25) is 0 Å². The summed E-state index contributed by atoms with van der Waals surface area (Å²) in [5.74, 6) is 0.841. The Bertz CT molecular complexity index is 527. The van der Waals surface area contributed by atoms with Gasteiger partial charge in [-0.25, -0.2) is 0 Å². The largest absolute Gasteiger partial charge is 0.380 e. The van der Waals surface area contributed by atoms with Crippen molar-refractivity contribution in [2.24, 2.45) is 0 Å². The van der Waals surface area contributed by atoms with Crippen molar-refractivity contribution in [3.8, 4) is 0 Å². The fourth-order valence-corrected chi connectivity index (χ4v) is 2.18. The molecule has 0 bridgehead atoms. The van der Waals surface area contributed by atoms with Crippen molar-refractivity contribution in [2.75, 3.05) is 5.32 Å². The molecular weight excluding hydrogens is 220 g/mol. The Hall–Kier alpha value is -1.83. The molecule has 0 aliphatic heterocycles. The van der Waals surface area contributed by atoms with E-state index in [1.54, 1.807) is 0 Å². The van der Waals surface area contributed by atoms with E-state index in [9.17, 15) is 0 Å². The number of aromatic nitrogens is 1. The zero-order valence-electron chi connectivity index (χ0n) is 10.7. The van der Waals surface area contributed by atoms with Crippen molar-refractivity contribution in [3.63, 3.8) is 0 Å². The van der Waals surface area contributed by atoms with E-state index in [-0.39, 0.29) is 0 Å². The van der Waals surface area contributed by atoms with Gasteiger partial charge < -0.3 is 5.32 Å². The molecule has 1 heterocycles. The van der Waals surface area contributed by atoms with Crippen LogP contribution in [0, 0.1) is 6.92 Å². The van der Waals surface area contributed by atoms with Gasteiger partial charge in [-0.2, -0.15) is 0 Å². The second-order valence-electron chi connectivity index (χ2n) is 5.12. The van der Waals surface area contributed by atoms with Crippen molar-refractivity contribution in [1.29, 1.82) is 0 Å². The SMILES string of the molecule is Cc1cncc(NCc2ccc(C3CC3)cc2)c1. The van der Waals surface area contributed by atoms with Crippen LogP contribution in [-0.4, -0.2) is 4.98 Å². The fourth-order valence-electron chi connectivity index (χ4n) is 2.18. The summed E-state index contributed by atoms with van der Waals surface area (Å²) in [5.41, 5.74) is 5.09. The summed E-state index contributed by atoms with van der Waals surface area (Å²) in [6.45, 7) is 2.92. The Morgan fingerprint density at radius 2 is 1.94 bits per heavy atom. The highest BCUT2D eigenvalue weighted by Gasteiger charge is 2.22. The van der Waals surface area contributed by atoms with Crippen LogP contribution in [-0.2, 0) is 6.54 Å². The molecule has 0 radical (unpaired) electrons. The second-order valence-corrected chi connectivity index (χ2v) is 5.12. The summed E-state index contributed by atoms with van der Waals surface area (Å²) >= 11 is 0. The molecule has 18 heavy (non-hydrogen) atoms. The molecule has 0 saturated heterocycles. The lowest BCUT2D eigenvalue weighted by atomic mass is 10.1. The number of benzene rings is 1. The summed E-state index contributed by atoms with van der Waals surface area (Å²) < 4.78 is 0. The van der Waals surface area contributed by atoms with Crippen LogP contribution in [0.3, 0.4) is 0 Å². The lowest BCUT2D eigenvalue weighted by Crippen LogP contribution is -2.00. The molecule has 92 valence electrons. The van der Waals surface area contributed by atoms with Gasteiger partial charge in [0.25, 0.3) is 0 Å². The van der Waals surface area contributed by atoms with E-state index in [0.29, 0.717) is 0 Å². The maximum atomic E-state index is 4.18. The fraction of sp³-hybridized carbons (Fsp3) is 0.312. The molecule has 3 rings (SSSR count). The Morgan fingerprint density at radius 1 is 1.17 bits per heavy atom. The Morgan fingerprint density at radius 3 is 2.61 bits per heavy atom. The van der Waals surface area contributed by atoms with Gasteiger partial charge in [-0.15, -0.1) is 0 Å². The highest BCUT2D eigenvalue weighted by molar-refractivity contribution is 5.43. The molecule has 1 aromatic carbocycles. The highest BCUT2D eigenvalue weighted by atomic mass is 14.9. The summed E-state index contributed by atoms with van der Waals surface area (Å²) in [7, 11) is 0. The molecule has 1 aliphatic carbocycles. The lowest BCUT2D eigenvalue weighted by molar-refractivity contribution is 1.09. The molecule has 2 nitrogen and oxygen atoms in total. The van der Waals surface area contributed by atoms with E-state index in [2.05, 4.69) is 47.6 Å². The summed E-state index contributed by atoms with van der Waals surface area (Å²) in [5, 5.41) is 3.40. The van der Waals surface area contributed by atoms with Crippen LogP contribution >= 0.6 is 0 Å². The summed E-state index contributed by atoms with van der Waals surface area (Å²) in [4.78, 5) is 4.18. The standard InChI is InChI=1S/C16H18N2/c1-12-8-16(11-17-9-12)18-10-13-2-4-14(5-3-13)15-6-7-15/h2-5,8-9,11,15,18H,6-7,10H2,1H3. The smallest absolute Gasteiger partial charge is 0.0532 e. The minimum atomic E-state index is 0.841. The van der Waals surface area contributed by atoms with Gasteiger partial charge in [-0.3, -0.25) is 4.98 Å². The molecule has 0 unspecified atom stereocenters. The van der Waals surface area contributed by atoms with Crippen molar-refractivity contribution < 1.29 is 0 Å². The number of anilines is 1. The number of aryl methyl sites for hydroxylation is 1. The van der Waals surface area contributed by atoms with Crippen molar-refractivity contribution >= 4 is 5.69 Å². The van der Waals surface area contributed by atoms with E-state index in [1.165, 1.54) is 29.5 Å². The first-order valence-electron chi connectivity index (χ1n) is 6.55. The average molecular weight is 238 g/mol. The van der Waals surface area contributed by atoms with Gasteiger partial charge in [0.2, 0.25) is 0 Å². The molecule has 1 aromatic heterocycles. The third-order valence-electron chi connectivity index (χ3n) is 3.40. The van der Waals surface area contributed by atoms with Gasteiger partial charge in [0.05, 0.1) is 5.69 Å². The second kappa shape index (κ2) is 4.81. The lowest BCUT2D eigenvalue weighted by Gasteiger charge is -2.07. The third kappa shape index (κ3) is 2.70. The Kier molecular flexibility index (Phi) is 3.01. The molecular formula is C16H18N2. The maximum Gasteiger partial charge on any atom is 0.0532 e. The van der Waals surface area contributed by atoms with Gasteiger partial charge in [0.1, 0.15) is 0 Å². The van der Waals surface area contributed by atoms with Gasteiger partial charge in [-0.1, -0.05) is 24.3 Å². The van der Waals surface area contributed by atoms with Crippen LogP contribution < -0.4 is 5.32 Å². The average Bonchev–Trinajstić information content (AvgIpc) is 3.21. The predicted octanol–water partition coefficient (Wildman–Crippen LogP) is 3.88. The molecule has 0 spiro atoms. The number of nitrogens with zero attached hydrogens (tertiary/aromatic N) is 1. The minimum Gasteiger partial charge on any atom is -0.380 e. The number of nitrogens with one attached hydrogen (secondary N) is 1. The zero-order chi connectivity index (χ0) is 12.4. The first kappa shape index (κ1) is 11.3. The van der Waals surface area contributed by atoms with Crippen LogP contribution in [0.5, 0.6) is 0 Å². The van der Waals surface area contributed by atoms with Gasteiger partial charge >= 0.3 is 0 Å². The zero-order valence-corrected chi connectivity index (χ0v) is 10.7. The van der Waals surface area contributed by atoms with Crippen molar-refractivity contribution in [2.45, 2.75) is 32.2 Å². The number of hydrogen-bond acceptors (Lipinski definition) is 2. The Labute approximate surface area is 108 Å². The Balaban J connectivity index is 1.62. The molecule has 2 aromatic rings. The van der Waals surface area contributed by atoms with E-state index in [1.807, 2.05) is 12.4 Å². The number of pyridine rings is 1. The monoisotopic (exact) mass is 238 g/mol. The first-order valence-corrected chi connectivity index (χ1v) is 6.55. The number of hydrogen-bond donors (Lipinski definition) is 1. The summed E-state index contributed by atoms with van der Waals surface area (Å²) in [6, 6.07) is 11.1. The third-order valence-corrected chi connectivity index (χ3v) is 3.40. The van der Waals surface area contributed by atoms with Crippen LogP contribution in [0.1, 0.15) is 35.4 Å². The van der Waals surface area contributed by atoms with E-state index in [0.717, 1.165) is 18.2 Å². The molecule has 2 heteroatoms. The van der Waals surface area contributed by atoms with E-state index in [4.69, 9.17) is 0 Å². The topological polar surface area (TPSA) is 24.9 Å². The van der Waals surface area contributed by atoms with Gasteiger partial charge in [0.15, 0.2) is 0 Å². The quantitative estimate of drug-likeness (QED) is 0.874. The first-order chi connectivity index (χ1) is 8.81. The minimum absolute atomic E-state index is 0.841. The van der Waals surface area contributed by atoms with Gasteiger partial charge in [-0.05, 0) is 48.4 Å². The molecule has 0 atom stereocenters. The normalized spacial score (nSPS) is 14.5.